The lowest BCUT2D eigenvalue weighted by Crippen LogP contribution is -2.42. The van der Waals surface area contributed by atoms with Crippen LogP contribution in [-0.4, -0.2) is 44.0 Å². The van der Waals surface area contributed by atoms with Crippen LogP contribution in [0.2, 0.25) is 0 Å². The lowest BCUT2D eigenvalue weighted by Gasteiger charge is -2.31. The standard InChI is InChI=1S/C15H21NO4/c1-19-14-10-16-8-6-11(14)7-9-20-13-5-3-2-4-12(13)15(17)18/h2-5,11,14,16H,6-10H2,1H3,(H,17,18). The van der Waals surface area contributed by atoms with E-state index in [9.17, 15) is 4.79 Å². The number of para-hydroxylation sites is 1. The van der Waals surface area contributed by atoms with Crippen molar-refractivity contribution in [1.82, 2.24) is 5.32 Å². The van der Waals surface area contributed by atoms with Gasteiger partial charge in [0, 0.05) is 13.7 Å². The Morgan fingerprint density at radius 3 is 3.00 bits per heavy atom. The zero-order valence-electron chi connectivity index (χ0n) is 11.7. The Morgan fingerprint density at radius 2 is 2.25 bits per heavy atom. The number of aromatic carboxylic acids is 1. The smallest absolute Gasteiger partial charge is 0.339 e. The molecule has 1 aliphatic heterocycles. The van der Waals surface area contributed by atoms with Gasteiger partial charge in [-0.25, -0.2) is 4.79 Å². The molecule has 5 heteroatoms. The maximum absolute atomic E-state index is 11.1. The van der Waals surface area contributed by atoms with Gasteiger partial charge in [-0.2, -0.15) is 0 Å². The molecule has 0 bridgehead atoms. The van der Waals surface area contributed by atoms with Gasteiger partial charge < -0.3 is 19.9 Å². The SMILES string of the molecule is COC1CNCCC1CCOc1ccccc1C(=O)O. The van der Waals surface area contributed by atoms with Crippen molar-refractivity contribution in [3.05, 3.63) is 29.8 Å². The van der Waals surface area contributed by atoms with Crippen LogP contribution in [-0.2, 0) is 4.74 Å². The number of hydrogen-bond acceptors (Lipinski definition) is 4. The number of methoxy groups -OCH3 is 1. The number of nitrogens with one attached hydrogen (secondary N) is 1. The first-order valence-corrected chi connectivity index (χ1v) is 6.91. The largest absolute Gasteiger partial charge is 0.493 e. The topological polar surface area (TPSA) is 67.8 Å². The summed E-state index contributed by atoms with van der Waals surface area (Å²) in [6.07, 6.45) is 2.14. The zero-order valence-corrected chi connectivity index (χ0v) is 11.7. The highest BCUT2D eigenvalue weighted by Gasteiger charge is 2.24. The number of benzene rings is 1. The van der Waals surface area contributed by atoms with Gasteiger partial charge in [-0.15, -0.1) is 0 Å². The van der Waals surface area contributed by atoms with Gasteiger partial charge in [-0.1, -0.05) is 12.1 Å². The van der Waals surface area contributed by atoms with Gasteiger partial charge in [-0.05, 0) is 37.4 Å². The Bertz CT molecular complexity index is 449. The molecule has 2 N–H and O–H groups in total. The highest BCUT2D eigenvalue weighted by Crippen LogP contribution is 2.22. The van der Waals surface area contributed by atoms with Crippen molar-refractivity contribution in [2.45, 2.75) is 18.9 Å². The Kier molecular flexibility index (Phi) is 5.38. The predicted octanol–water partition coefficient (Wildman–Crippen LogP) is 1.78. The van der Waals surface area contributed by atoms with Gasteiger partial charge in [0.15, 0.2) is 0 Å². The Morgan fingerprint density at radius 1 is 1.45 bits per heavy atom. The van der Waals surface area contributed by atoms with Gasteiger partial charge in [0.2, 0.25) is 0 Å². The first kappa shape index (κ1) is 14.8. The van der Waals surface area contributed by atoms with Crippen LogP contribution < -0.4 is 10.1 Å². The van der Waals surface area contributed by atoms with Crippen molar-refractivity contribution in [3.8, 4) is 5.75 Å². The number of piperidine rings is 1. The molecule has 1 aromatic rings. The minimum Gasteiger partial charge on any atom is -0.493 e. The molecule has 1 aromatic carbocycles. The molecule has 20 heavy (non-hydrogen) atoms. The molecule has 110 valence electrons. The fourth-order valence-corrected chi connectivity index (χ4v) is 2.58. The Hall–Kier alpha value is -1.59. The average Bonchev–Trinajstić information content (AvgIpc) is 2.48. The van der Waals surface area contributed by atoms with E-state index in [-0.39, 0.29) is 11.7 Å². The minimum atomic E-state index is -0.961. The summed E-state index contributed by atoms with van der Waals surface area (Å²) in [5.41, 5.74) is 0.209. The highest BCUT2D eigenvalue weighted by molar-refractivity contribution is 5.90. The summed E-state index contributed by atoms with van der Waals surface area (Å²) in [6.45, 7) is 2.37. The molecule has 0 aliphatic carbocycles. The van der Waals surface area contributed by atoms with Crippen LogP contribution in [0, 0.1) is 5.92 Å². The van der Waals surface area contributed by atoms with Crippen LogP contribution in [0.25, 0.3) is 0 Å². The maximum atomic E-state index is 11.1. The molecule has 0 radical (unpaired) electrons. The number of hydrogen-bond donors (Lipinski definition) is 2. The van der Waals surface area contributed by atoms with Crippen LogP contribution in [0.5, 0.6) is 5.75 Å². The van der Waals surface area contributed by atoms with E-state index in [1.165, 1.54) is 0 Å². The minimum absolute atomic E-state index is 0.209. The van der Waals surface area contributed by atoms with Gasteiger partial charge in [0.25, 0.3) is 0 Å². The van der Waals surface area contributed by atoms with E-state index in [1.807, 2.05) is 0 Å². The molecule has 0 saturated carbocycles. The molecule has 0 amide bonds. The molecule has 1 heterocycles. The zero-order chi connectivity index (χ0) is 14.4. The third kappa shape index (κ3) is 3.71. The molecule has 2 rings (SSSR count). The van der Waals surface area contributed by atoms with Crippen LogP contribution in [0.15, 0.2) is 24.3 Å². The van der Waals surface area contributed by atoms with Crippen LogP contribution in [0.4, 0.5) is 0 Å². The third-order valence-electron chi connectivity index (χ3n) is 3.73. The number of ether oxygens (including phenoxy) is 2. The van der Waals surface area contributed by atoms with Gasteiger partial charge >= 0.3 is 5.97 Å². The van der Waals surface area contributed by atoms with Crippen LogP contribution in [0.1, 0.15) is 23.2 Å². The number of rotatable bonds is 6. The lowest BCUT2D eigenvalue weighted by molar-refractivity contribution is 0.0252. The lowest BCUT2D eigenvalue weighted by atomic mass is 9.92. The van der Waals surface area contributed by atoms with Crippen molar-refractivity contribution in [2.75, 3.05) is 26.8 Å². The van der Waals surface area contributed by atoms with Crippen molar-refractivity contribution >= 4 is 5.97 Å². The molecule has 1 saturated heterocycles. The van der Waals surface area contributed by atoms with Crippen molar-refractivity contribution in [3.63, 3.8) is 0 Å². The molecule has 1 fully saturated rings. The number of carbonyl (C=O) groups is 1. The number of carboxylic acid groups (broad SMARTS) is 1. The van der Waals surface area contributed by atoms with Crippen LogP contribution in [0.3, 0.4) is 0 Å². The highest BCUT2D eigenvalue weighted by atomic mass is 16.5. The second-order valence-corrected chi connectivity index (χ2v) is 4.97. The fourth-order valence-electron chi connectivity index (χ4n) is 2.58. The van der Waals surface area contributed by atoms with Gasteiger partial charge in [-0.3, -0.25) is 0 Å². The average molecular weight is 279 g/mol. The summed E-state index contributed by atoms with van der Waals surface area (Å²) in [7, 11) is 1.73. The summed E-state index contributed by atoms with van der Waals surface area (Å²) in [5.74, 6) is -0.0709. The first-order valence-electron chi connectivity index (χ1n) is 6.91. The van der Waals surface area contributed by atoms with Crippen molar-refractivity contribution in [2.24, 2.45) is 5.92 Å². The second-order valence-electron chi connectivity index (χ2n) is 4.97. The quantitative estimate of drug-likeness (QED) is 0.831. The van der Waals surface area contributed by atoms with E-state index in [2.05, 4.69) is 5.32 Å². The van der Waals surface area contributed by atoms with E-state index in [4.69, 9.17) is 14.6 Å². The summed E-state index contributed by atoms with van der Waals surface area (Å²) in [4.78, 5) is 11.1. The first-order chi connectivity index (χ1) is 9.72. The number of carboxylic acids is 1. The molecule has 0 spiro atoms. The van der Waals surface area contributed by atoms with Gasteiger partial charge in [0.1, 0.15) is 11.3 Å². The molecule has 5 nitrogen and oxygen atoms in total. The molecular weight excluding hydrogens is 258 g/mol. The normalized spacial score (nSPS) is 22.4. The summed E-state index contributed by atoms with van der Waals surface area (Å²) in [6, 6.07) is 6.73. The van der Waals surface area contributed by atoms with E-state index >= 15 is 0 Å². The van der Waals surface area contributed by atoms with E-state index < -0.39 is 5.97 Å². The third-order valence-corrected chi connectivity index (χ3v) is 3.73. The summed E-state index contributed by atoms with van der Waals surface area (Å²) in [5, 5.41) is 12.4. The van der Waals surface area contributed by atoms with Gasteiger partial charge in [0.05, 0.1) is 12.7 Å². The Balaban J connectivity index is 1.88. The van der Waals surface area contributed by atoms with E-state index in [0.29, 0.717) is 18.3 Å². The van der Waals surface area contributed by atoms with Crippen molar-refractivity contribution in [1.29, 1.82) is 0 Å². The summed E-state index contributed by atoms with van der Waals surface area (Å²) >= 11 is 0. The molecule has 1 aliphatic rings. The molecule has 2 atom stereocenters. The van der Waals surface area contributed by atoms with Crippen LogP contribution >= 0.6 is 0 Å². The van der Waals surface area contributed by atoms with E-state index in [0.717, 1.165) is 25.9 Å². The molecule has 0 aromatic heterocycles. The molecule has 2 unspecified atom stereocenters. The monoisotopic (exact) mass is 279 g/mol. The maximum Gasteiger partial charge on any atom is 0.339 e. The summed E-state index contributed by atoms with van der Waals surface area (Å²) < 4.78 is 11.1. The predicted molar refractivity (Wildman–Crippen MR) is 75.3 cm³/mol. The van der Waals surface area contributed by atoms with Crippen molar-refractivity contribution < 1.29 is 19.4 Å². The Labute approximate surface area is 118 Å². The molecular formula is C15H21NO4. The van der Waals surface area contributed by atoms with E-state index in [1.54, 1.807) is 31.4 Å². The second kappa shape index (κ2) is 7.26. The fraction of sp³-hybridized carbons (Fsp3) is 0.533.